The Morgan fingerprint density at radius 3 is 1.88 bits per heavy atom. The van der Waals surface area contributed by atoms with Gasteiger partial charge < -0.3 is 4.74 Å². The minimum atomic E-state index is -0.589. The second kappa shape index (κ2) is 9.24. The molecule has 2 atom stereocenters. The van der Waals surface area contributed by atoms with E-state index in [0.29, 0.717) is 0 Å². The van der Waals surface area contributed by atoms with E-state index in [1.807, 2.05) is 78.6 Å². The predicted octanol–water partition coefficient (Wildman–Crippen LogP) is 2.56. The van der Waals surface area contributed by atoms with Crippen molar-refractivity contribution in [2.75, 3.05) is 0 Å². The molecule has 10 radical (unpaired) electrons. The van der Waals surface area contributed by atoms with Crippen LogP contribution in [0.1, 0.15) is 27.7 Å². The van der Waals surface area contributed by atoms with Crippen LogP contribution in [0, 0.1) is 69.1 Å². The molecular formula is C19H23FeNO3+2. The van der Waals surface area contributed by atoms with Crippen molar-refractivity contribution in [1.29, 1.82) is 0 Å². The number of hydrogen-bond donors (Lipinski definition) is 0. The molecule has 2 aliphatic carbocycles. The molecule has 4 nitrogen and oxygen atoms in total. The summed E-state index contributed by atoms with van der Waals surface area (Å²) in [4.78, 5) is 25.7. The molecule has 3 fully saturated rings. The molecule has 5 heteroatoms. The third kappa shape index (κ3) is 5.23. The van der Waals surface area contributed by atoms with Crippen molar-refractivity contribution < 1.29 is 31.4 Å². The maximum Gasteiger partial charge on any atom is 2.00 e. The number of carbonyl (C=O) groups excluding carboxylic acids is 2. The zero-order valence-corrected chi connectivity index (χ0v) is 15.5. The van der Waals surface area contributed by atoms with Crippen molar-refractivity contribution in [2.45, 2.75) is 40.0 Å². The Labute approximate surface area is 157 Å². The fourth-order valence-electron chi connectivity index (χ4n) is 2.35. The molecule has 0 aromatic heterocycles. The minimum Gasteiger partial charge on any atom is -0.439 e. The van der Waals surface area contributed by atoms with E-state index < -0.39 is 17.7 Å². The van der Waals surface area contributed by atoms with Crippen LogP contribution in [0.5, 0.6) is 0 Å². The molecule has 1 aliphatic heterocycles. The first-order valence-corrected chi connectivity index (χ1v) is 7.74. The zero-order chi connectivity index (χ0) is 17.0. The Morgan fingerprint density at radius 1 is 1.00 bits per heavy atom. The average molecular weight is 369 g/mol. The van der Waals surface area contributed by atoms with Gasteiger partial charge in [-0.2, -0.15) is 0 Å². The van der Waals surface area contributed by atoms with Gasteiger partial charge in [-0.25, -0.2) is 4.79 Å². The molecule has 1 heterocycles. The number of nitrogens with zero attached hydrogens (tertiary/aromatic N) is 1. The second-order valence-corrected chi connectivity index (χ2v) is 6.61. The van der Waals surface area contributed by atoms with Crippen molar-refractivity contribution >= 4 is 11.9 Å². The first-order valence-electron chi connectivity index (χ1n) is 7.74. The quantitative estimate of drug-likeness (QED) is 0.527. The fraction of sp³-hybridized carbons (Fsp3) is 0.368. The summed E-state index contributed by atoms with van der Waals surface area (Å²) in [5, 5.41) is 0. The van der Waals surface area contributed by atoms with Crippen molar-refractivity contribution in [2.24, 2.45) is 5.41 Å². The Kier molecular flexibility index (Phi) is 8.28. The molecule has 0 N–H and O–H groups in total. The van der Waals surface area contributed by atoms with Crippen LogP contribution < -0.4 is 0 Å². The van der Waals surface area contributed by atoms with E-state index in [-0.39, 0.29) is 28.9 Å². The third-order valence-corrected chi connectivity index (χ3v) is 3.64. The Hall–Kier alpha value is -0.541. The van der Waals surface area contributed by atoms with E-state index in [9.17, 15) is 9.59 Å². The third-order valence-electron chi connectivity index (χ3n) is 3.64. The van der Waals surface area contributed by atoms with E-state index in [1.54, 1.807) is 6.92 Å². The van der Waals surface area contributed by atoms with Crippen LogP contribution in [0.2, 0.25) is 0 Å². The van der Waals surface area contributed by atoms with E-state index in [1.165, 1.54) is 4.90 Å². The van der Waals surface area contributed by atoms with Gasteiger partial charge in [-0.15, -0.1) is 0 Å². The SMILES string of the molecule is C[C@H]1C(=O)O[C@H]([C]2[CH][CH][CH][CH]2)N1C(=O)C(C)(C)C.[CH]1[CH][CH][CH][CH]1.[Fe+2]. The van der Waals surface area contributed by atoms with Crippen LogP contribution in [-0.2, 0) is 31.4 Å². The smallest absolute Gasteiger partial charge is 0.439 e. The molecule has 0 bridgehead atoms. The predicted molar refractivity (Wildman–Crippen MR) is 87.6 cm³/mol. The Bertz CT molecular complexity index is 415. The molecule has 3 rings (SSSR count). The van der Waals surface area contributed by atoms with Crippen molar-refractivity contribution in [3.8, 4) is 0 Å². The summed E-state index contributed by atoms with van der Waals surface area (Å²) in [5.74, 6) is 0.413. The fourth-order valence-corrected chi connectivity index (χ4v) is 2.35. The summed E-state index contributed by atoms with van der Waals surface area (Å²) in [6.07, 6.45) is 16.9. The summed E-state index contributed by atoms with van der Waals surface area (Å²) in [6.45, 7) is 7.22. The molecule has 1 saturated heterocycles. The number of cyclic esters (lactones) is 1. The molecule has 24 heavy (non-hydrogen) atoms. The van der Waals surface area contributed by atoms with Crippen LogP contribution in [-0.4, -0.2) is 29.0 Å². The normalized spacial score (nSPS) is 27.3. The van der Waals surface area contributed by atoms with Crippen LogP contribution in [0.25, 0.3) is 0 Å². The van der Waals surface area contributed by atoms with E-state index in [4.69, 9.17) is 4.74 Å². The molecule has 0 unspecified atom stereocenters. The molecule has 0 spiro atoms. The van der Waals surface area contributed by atoms with Gasteiger partial charge in [-0.3, -0.25) is 9.69 Å². The van der Waals surface area contributed by atoms with Gasteiger partial charge in [0.05, 0.1) is 0 Å². The van der Waals surface area contributed by atoms with Gasteiger partial charge in [0.15, 0.2) is 6.23 Å². The van der Waals surface area contributed by atoms with Crippen LogP contribution in [0.15, 0.2) is 0 Å². The topological polar surface area (TPSA) is 46.6 Å². The van der Waals surface area contributed by atoms with E-state index in [0.717, 1.165) is 5.92 Å². The Balaban J connectivity index is 0.000000412. The monoisotopic (exact) mass is 369 g/mol. The molecule has 2 saturated carbocycles. The summed E-state index contributed by atoms with van der Waals surface area (Å²) >= 11 is 0. The van der Waals surface area contributed by atoms with Crippen molar-refractivity contribution in [3.05, 3.63) is 63.7 Å². The summed E-state index contributed by atoms with van der Waals surface area (Å²) in [6, 6.07) is -0.531. The molecule has 0 aromatic carbocycles. The van der Waals surface area contributed by atoms with Gasteiger partial charge in [0.1, 0.15) is 6.04 Å². The van der Waals surface area contributed by atoms with Crippen LogP contribution in [0.3, 0.4) is 0 Å². The van der Waals surface area contributed by atoms with Crippen LogP contribution >= 0.6 is 0 Å². The standard InChI is InChI=1S/C14H18NO3.C5H5.Fe/c1-9-12(16)18-11(10-7-5-6-8-10)15(9)13(17)14(2,3)4;1-2-4-5-3-1;/h5-9,11H,1-4H3;1-5H;/q;;+2/t9-,11+;;/m0../s1. The van der Waals surface area contributed by atoms with Gasteiger partial charge >= 0.3 is 23.0 Å². The number of amides is 1. The molecule has 1 amide bonds. The molecule has 3 aliphatic rings. The van der Waals surface area contributed by atoms with Gasteiger partial charge in [-0.1, -0.05) is 20.8 Å². The zero-order valence-electron chi connectivity index (χ0n) is 14.4. The number of rotatable bonds is 1. The first kappa shape index (κ1) is 21.5. The number of carbonyl (C=O) groups is 2. The van der Waals surface area contributed by atoms with Crippen molar-refractivity contribution in [3.63, 3.8) is 0 Å². The first-order chi connectivity index (χ1) is 10.8. The largest absolute Gasteiger partial charge is 2.00 e. The van der Waals surface area contributed by atoms with E-state index in [2.05, 4.69) is 0 Å². The van der Waals surface area contributed by atoms with Crippen molar-refractivity contribution in [1.82, 2.24) is 4.90 Å². The van der Waals surface area contributed by atoms with Gasteiger partial charge in [0.25, 0.3) is 0 Å². The summed E-state index contributed by atoms with van der Waals surface area (Å²) in [5.41, 5.74) is -0.535. The average Bonchev–Trinajstić information content (AvgIpc) is 3.21. The summed E-state index contributed by atoms with van der Waals surface area (Å²) < 4.78 is 5.31. The molecule has 128 valence electrons. The van der Waals surface area contributed by atoms with E-state index >= 15 is 0 Å². The number of ether oxygens (including phenoxy) is 1. The maximum absolute atomic E-state index is 12.4. The van der Waals surface area contributed by atoms with Gasteiger partial charge in [0, 0.05) is 11.3 Å². The number of hydrogen-bond acceptors (Lipinski definition) is 3. The molecule has 0 aromatic rings. The minimum absolute atomic E-state index is 0. The maximum atomic E-state index is 12.4. The molecular weight excluding hydrogens is 346 g/mol. The van der Waals surface area contributed by atoms with Crippen LogP contribution in [0.4, 0.5) is 0 Å². The second-order valence-electron chi connectivity index (χ2n) is 6.61. The Morgan fingerprint density at radius 2 is 1.46 bits per heavy atom. The van der Waals surface area contributed by atoms with Gasteiger partial charge in [0.2, 0.25) is 5.91 Å². The summed E-state index contributed by atoms with van der Waals surface area (Å²) in [7, 11) is 0. The number of esters is 1. The van der Waals surface area contributed by atoms with Gasteiger partial charge in [-0.05, 0) is 64.7 Å².